The number of rotatable bonds is 3. The Balaban J connectivity index is 1.77. The second-order valence-corrected chi connectivity index (χ2v) is 7.25. The van der Waals surface area contributed by atoms with Gasteiger partial charge in [-0.1, -0.05) is 60.2 Å². The molecule has 1 aliphatic rings. The monoisotopic (exact) mass is 380 g/mol. The van der Waals surface area contributed by atoms with Crippen LogP contribution in [0.4, 0.5) is 0 Å². The van der Waals surface area contributed by atoms with Crippen LogP contribution in [-0.2, 0) is 0 Å². The minimum Gasteiger partial charge on any atom is -0.309 e. The molecule has 4 aromatic rings. The molecule has 0 amide bonds. The molecule has 0 aliphatic carbocycles. The van der Waals surface area contributed by atoms with Gasteiger partial charge in [-0.05, 0) is 36.8 Å². The minimum absolute atomic E-state index is 0.0287. The van der Waals surface area contributed by atoms with Gasteiger partial charge in [0.2, 0.25) is 0 Å². The summed E-state index contributed by atoms with van der Waals surface area (Å²) >= 11 is 0. The number of hydrogen-bond donors (Lipinski definition) is 1. The summed E-state index contributed by atoms with van der Waals surface area (Å²) in [7, 11) is 0. The molecule has 0 radical (unpaired) electrons. The third kappa shape index (κ3) is 3.01. The van der Waals surface area contributed by atoms with Crippen LogP contribution in [0.2, 0.25) is 0 Å². The Morgan fingerprint density at radius 1 is 0.931 bits per heavy atom. The second-order valence-electron chi connectivity index (χ2n) is 7.25. The molecule has 142 valence electrons. The molecule has 1 aliphatic heterocycles. The smallest absolute Gasteiger partial charge is 0.266 e. The number of aromatic nitrogens is 2. The van der Waals surface area contributed by atoms with Crippen LogP contribution in [0.1, 0.15) is 22.9 Å². The van der Waals surface area contributed by atoms with Crippen molar-refractivity contribution >= 4 is 16.6 Å². The molecule has 29 heavy (non-hydrogen) atoms. The van der Waals surface area contributed by atoms with E-state index >= 15 is 0 Å². The number of para-hydroxylation sites is 1. The van der Waals surface area contributed by atoms with Crippen molar-refractivity contribution in [2.45, 2.75) is 12.8 Å². The van der Waals surface area contributed by atoms with E-state index in [0.29, 0.717) is 23.3 Å². The molecule has 5 nitrogen and oxygen atoms in total. The number of nitrogens with zero attached hydrogens (tertiary/aromatic N) is 3. The Bertz CT molecular complexity index is 1270. The maximum absolute atomic E-state index is 13.5. The van der Waals surface area contributed by atoms with Crippen LogP contribution in [-0.4, -0.2) is 21.8 Å². The van der Waals surface area contributed by atoms with Gasteiger partial charge >= 0.3 is 0 Å². The van der Waals surface area contributed by atoms with Crippen LogP contribution in [0, 0.1) is 6.92 Å². The Morgan fingerprint density at radius 2 is 1.66 bits per heavy atom. The van der Waals surface area contributed by atoms with Gasteiger partial charge in [-0.15, -0.1) is 0 Å². The molecule has 5 rings (SSSR count). The fourth-order valence-electron chi connectivity index (χ4n) is 3.80. The summed E-state index contributed by atoms with van der Waals surface area (Å²) < 4.78 is 1.68. The predicted octanol–water partition coefficient (Wildman–Crippen LogP) is 3.79. The first-order valence-electron chi connectivity index (χ1n) is 9.67. The van der Waals surface area contributed by atoms with Crippen molar-refractivity contribution < 1.29 is 0 Å². The van der Waals surface area contributed by atoms with Gasteiger partial charge < -0.3 is 5.43 Å². The van der Waals surface area contributed by atoms with E-state index in [0.717, 1.165) is 22.5 Å². The summed E-state index contributed by atoms with van der Waals surface area (Å²) in [6.45, 7) is 2.71. The van der Waals surface area contributed by atoms with E-state index in [1.807, 2.05) is 73.7 Å². The number of hydrazone groups is 1. The van der Waals surface area contributed by atoms with Gasteiger partial charge in [0.25, 0.3) is 5.56 Å². The first-order valence-corrected chi connectivity index (χ1v) is 9.67. The topological polar surface area (TPSA) is 59.3 Å². The summed E-state index contributed by atoms with van der Waals surface area (Å²) in [5, 5.41) is 5.16. The highest BCUT2D eigenvalue weighted by Gasteiger charge is 2.29. The third-order valence-corrected chi connectivity index (χ3v) is 5.32. The lowest BCUT2D eigenvalue weighted by molar-refractivity contribution is 0.763. The van der Waals surface area contributed by atoms with Crippen LogP contribution in [0.25, 0.3) is 16.6 Å². The van der Waals surface area contributed by atoms with Crippen molar-refractivity contribution in [3.8, 4) is 5.69 Å². The van der Waals surface area contributed by atoms with Gasteiger partial charge in [-0.3, -0.25) is 9.36 Å². The molecule has 1 N–H and O–H groups in total. The molecule has 2 heterocycles. The Kier molecular flexibility index (Phi) is 4.21. The van der Waals surface area contributed by atoms with Crippen molar-refractivity contribution in [1.29, 1.82) is 0 Å². The highest BCUT2D eigenvalue weighted by molar-refractivity contribution is 6.05. The van der Waals surface area contributed by atoms with Crippen molar-refractivity contribution in [3.63, 3.8) is 0 Å². The third-order valence-electron chi connectivity index (χ3n) is 5.32. The van der Waals surface area contributed by atoms with Crippen LogP contribution >= 0.6 is 0 Å². The number of nitrogens with one attached hydrogen (secondary N) is 1. The van der Waals surface area contributed by atoms with Crippen molar-refractivity contribution in [2.24, 2.45) is 5.10 Å². The maximum atomic E-state index is 13.5. The first kappa shape index (κ1) is 17.4. The average molecular weight is 380 g/mol. The van der Waals surface area contributed by atoms with Gasteiger partial charge in [0.05, 0.1) is 22.5 Å². The molecule has 0 bridgehead atoms. The van der Waals surface area contributed by atoms with Gasteiger partial charge in [0.15, 0.2) is 5.82 Å². The number of aryl methyl sites for hydroxylation is 1. The van der Waals surface area contributed by atoms with Crippen LogP contribution in [0.5, 0.6) is 0 Å². The van der Waals surface area contributed by atoms with Crippen molar-refractivity contribution in [3.05, 3.63) is 106 Å². The molecule has 0 saturated carbocycles. The van der Waals surface area contributed by atoms with Gasteiger partial charge in [0, 0.05) is 6.54 Å². The number of hydrogen-bond acceptors (Lipinski definition) is 4. The van der Waals surface area contributed by atoms with E-state index in [1.165, 1.54) is 0 Å². The first-order chi connectivity index (χ1) is 14.2. The highest BCUT2D eigenvalue weighted by Crippen LogP contribution is 2.25. The maximum Gasteiger partial charge on any atom is 0.266 e. The Morgan fingerprint density at radius 3 is 2.45 bits per heavy atom. The highest BCUT2D eigenvalue weighted by atomic mass is 16.1. The van der Waals surface area contributed by atoms with E-state index in [2.05, 4.69) is 22.7 Å². The predicted molar refractivity (Wildman–Crippen MR) is 116 cm³/mol. The minimum atomic E-state index is -0.0872. The van der Waals surface area contributed by atoms with Crippen LogP contribution < -0.4 is 11.0 Å². The molecule has 1 unspecified atom stereocenters. The van der Waals surface area contributed by atoms with E-state index in [9.17, 15) is 4.79 Å². The molecule has 0 fully saturated rings. The molecular formula is C24H20N4O. The fraction of sp³-hybridized carbons (Fsp3) is 0.125. The largest absolute Gasteiger partial charge is 0.309 e. The van der Waals surface area contributed by atoms with E-state index in [4.69, 9.17) is 4.98 Å². The molecule has 0 spiro atoms. The zero-order valence-corrected chi connectivity index (χ0v) is 16.0. The molecule has 1 aromatic heterocycles. The number of fused-ring (bicyclic) bond motifs is 1. The van der Waals surface area contributed by atoms with Crippen LogP contribution in [0.3, 0.4) is 0 Å². The van der Waals surface area contributed by atoms with Crippen molar-refractivity contribution in [1.82, 2.24) is 15.0 Å². The van der Waals surface area contributed by atoms with Gasteiger partial charge in [-0.2, -0.15) is 5.10 Å². The Hall–Kier alpha value is -3.73. The molecule has 1 atom stereocenters. The lowest BCUT2D eigenvalue weighted by atomic mass is 9.94. The standard InChI is InChI=1S/C24H20N4O/c1-16-11-13-18(14-12-16)28-23(26-21-10-6-5-9-19(21)24(28)29)22-20(15-25-27-22)17-7-3-2-4-8-17/h2-14,20,25H,15H2,1H3. The second kappa shape index (κ2) is 7.02. The molecule has 5 heteroatoms. The zero-order chi connectivity index (χ0) is 19.8. The molecular weight excluding hydrogens is 360 g/mol. The quantitative estimate of drug-likeness (QED) is 0.588. The van der Waals surface area contributed by atoms with E-state index in [1.54, 1.807) is 4.57 Å². The summed E-state index contributed by atoms with van der Waals surface area (Å²) in [4.78, 5) is 18.4. The van der Waals surface area contributed by atoms with Crippen LogP contribution in [0.15, 0.2) is 88.8 Å². The summed E-state index contributed by atoms with van der Waals surface area (Å²) in [6.07, 6.45) is 0. The summed E-state index contributed by atoms with van der Waals surface area (Å²) in [5.41, 5.74) is 7.55. The zero-order valence-electron chi connectivity index (χ0n) is 16.0. The van der Waals surface area contributed by atoms with E-state index < -0.39 is 0 Å². The van der Waals surface area contributed by atoms with E-state index in [-0.39, 0.29) is 11.5 Å². The summed E-state index contributed by atoms with van der Waals surface area (Å²) in [6, 6.07) is 25.6. The fourth-order valence-corrected chi connectivity index (χ4v) is 3.80. The average Bonchev–Trinajstić information content (AvgIpc) is 3.25. The summed E-state index contributed by atoms with van der Waals surface area (Å²) in [5.74, 6) is 0.609. The lowest BCUT2D eigenvalue weighted by Crippen LogP contribution is -2.28. The van der Waals surface area contributed by atoms with Crippen molar-refractivity contribution in [2.75, 3.05) is 6.54 Å². The lowest BCUT2D eigenvalue weighted by Gasteiger charge is -2.17. The molecule has 0 saturated heterocycles. The number of benzene rings is 3. The van der Waals surface area contributed by atoms with Gasteiger partial charge in [-0.25, -0.2) is 4.98 Å². The molecule has 3 aromatic carbocycles. The SMILES string of the molecule is Cc1ccc(-n2c(C3=NNCC3c3ccccc3)nc3ccccc3c2=O)cc1. The normalized spacial score (nSPS) is 15.9. The van der Waals surface area contributed by atoms with Gasteiger partial charge in [0.1, 0.15) is 5.71 Å². The Labute approximate surface area is 168 Å².